The Morgan fingerprint density at radius 3 is 1.95 bits per heavy atom. The highest BCUT2D eigenvalue weighted by Gasteiger charge is 2.46. The van der Waals surface area contributed by atoms with E-state index in [0.717, 1.165) is 40.7 Å². The molecule has 0 saturated carbocycles. The number of nitrogens with zero attached hydrogens (tertiary/aromatic N) is 2. The first-order valence-electron chi connectivity index (χ1n) is 20.2. The van der Waals surface area contributed by atoms with Crippen LogP contribution in [0.3, 0.4) is 0 Å². The van der Waals surface area contributed by atoms with Crippen LogP contribution >= 0.6 is 0 Å². The van der Waals surface area contributed by atoms with E-state index >= 15 is 0 Å². The van der Waals surface area contributed by atoms with Crippen molar-refractivity contribution in [1.29, 1.82) is 0 Å². The molecule has 1 aliphatic heterocycles. The van der Waals surface area contributed by atoms with Crippen molar-refractivity contribution in [3.63, 3.8) is 0 Å². The summed E-state index contributed by atoms with van der Waals surface area (Å²) in [4.78, 5) is 2.45. The van der Waals surface area contributed by atoms with Gasteiger partial charge in [-0.15, -0.1) is 0 Å². The highest BCUT2D eigenvalue weighted by molar-refractivity contribution is 6.10. The SMILES string of the molecule is C1=C2Oc3ccccc3C2CC=C1N(c1ccc2c(c1)C(c1ccccc1)(c1ccccc1)c1ccccc1-2)c1ccc2c(c1)c1ccccc1n2-c1ccccc1. The average molecular weight is 743 g/mol. The number of benzene rings is 8. The van der Waals surface area contributed by atoms with Gasteiger partial charge in [-0.25, -0.2) is 0 Å². The van der Waals surface area contributed by atoms with Crippen molar-refractivity contribution >= 4 is 33.2 Å². The van der Waals surface area contributed by atoms with E-state index in [9.17, 15) is 0 Å². The molecule has 0 N–H and O–H groups in total. The summed E-state index contributed by atoms with van der Waals surface area (Å²) in [6.07, 6.45) is 5.54. The fourth-order valence-corrected chi connectivity index (χ4v) is 10.2. The second kappa shape index (κ2) is 12.8. The third kappa shape index (κ3) is 4.74. The summed E-state index contributed by atoms with van der Waals surface area (Å²) in [6, 6.07) is 73.1. The third-order valence-corrected chi connectivity index (χ3v) is 12.6. The third-order valence-electron chi connectivity index (χ3n) is 12.6. The van der Waals surface area contributed by atoms with Crippen LogP contribution in [0.5, 0.6) is 5.75 Å². The normalized spacial score (nSPS) is 15.8. The number of aromatic nitrogens is 1. The first-order valence-corrected chi connectivity index (χ1v) is 20.2. The molecule has 3 aliphatic rings. The topological polar surface area (TPSA) is 17.4 Å². The molecule has 0 spiro atoms. The minimum Gasteiger partial charge on any atom is -0.461 e. The number of hydrogen-bond acceptors (Lipinski definition) is 2. The van der Waals surface area contributed by atoms with Crippen LogP contribution in [0.25, 0.3) is 38.6 Å². The molecule has 9 aromatic rings. The zero-order chi connectivity index (χ0) is 38.2. The minimum absolute atomic E-state index is 0.214. The van der Waals surface area contributed by atoms with Gasteiger partial charge in [0.25, 0.3) is 0 Å². The molecule has 0 bridgehead atoms. The van der Waals surface area contributed by atoms with Crippen molar-refractivity contribution in [2.24, 2.45) is 0 Å². The van der Waals surface area contributed by atoms with E-state index in [0.29, 0.717) is 0 Å². The molecular formula is C55H38N2O. The first-order chi connectivity index (χ1) is 28.8. The minimum atomic E-state index is -0.510. The summed E-state index contributed by atoms with van der Waals surface area (Å²) in [7, 11) is 0. The van der Waals surface area contributed by atoms with Gasteiger partial charge in [0.15, 0.2) is 0 Å². The van der Waals surface area contributed by atoms with Crippen molar-refractivity contribution in [3.05, 3.63) is 252 Å². The van der Waals surface area contributed by atoms with Crippen LogP contribution in [0.15, 0.2) is 224 Å². The summed E-state index contributed by atoms with van der Waals surface area (Å²) >= 11 is 0. The zero-order valence-corrected chi connectivity index (χ0v) is 31.8. The van der Waals surface area contributed by atoms with Gasteiger partial charge in [-0.2, -0.15) is 0 Å². The van der Waals surface area contributed by atoms with E-state index < -0.39 is 5.41 Å². The van der Waals surface area contributed by atoms with Crippen LogP contribution < -0.4 is 9.64 Å². The number of fused-ring (bicyclic) bond motifs is 9. The molecule has 2 heterocycles. The van der Waals surface area contributed by atoms with Gasteiger partial charge in [0, 0.05) is 51.1 Å². The van der Waals surface area contributed by atoms with E-state index in [1.54, 1.807) is 0 Å². The molecule has 3 heteroatoms. The van der Waals surface area contributed by atoms with Crippen molar-refractivity contribution < 1.29 is 4.74 Å². The van der Waals surface area contributed by atoms with Crippen LogP contribution in [0.1, 0.15) is 40.2 Å². The molecule has 2 aliphatic carbocycles. The molecular weight excluding hydrogens is 705 g/mol. The number of allylic oxidation sites excluding steroid dienone is 3. The lowest BCUT2D eigenvalue weighted by Crippen LogP contribution is -2.29. The molecule has 1 atom stereocenters. The highest BCUT2D eigenvalue weighted by Crippen LogP contribution is 2.57. The molecule has 0 amide bonds. The molecule has 0 saturated heterocycles. The molecule has 0 radical (unpaired) electrons. The summed E-state index contributed by atoms with van der Waals surface area (Å²) in [6.45, 7) is 0. The lowest BCUT2D eigenvalue weighted by Gasteiger charge is -2.35. The molecule has 0 fully saturated rings. The van der Waals surface area contributed by atoms with Crippen LogP contribution in [0, 0.1) is 0 Å². The monoisotopic (exact) mass is 742 g/mol. The largest absolute Gasteiger partial charge is 0.461 e. The smallest absolute Gasteiger partial charge is 0.130 e. The van der Waals surface area contributed by atoms with E-state index in [-0.39, 0.29) is 5.92 Å². The van der Waals surface area contributed by atoms with Crippen molar-refractivity contribution in [1.82, 2.24) is 4.57 Å². The summed E-state index contributed by atoms with van der Waals surface area (Å²) in [5, 5.41) is 2.44. The van der Waals surface area contributed by atoms with E-state index in [1.807, 2.05) is 0 Å². The molecule has 8 aromatic carbocycles. The Balaban J connectivity index is 1.10. The summed E-state index contributed by atoms with van der Waals surface area (Å²) in [5.41, 5.74) is 15.2. The standard InChI is InChI=1S/C55H38N2O/c1-4-16-37(17-5-1)55(38-18-6-2-7-19-38)49-25-13-10-22-43(49)44-31-28-41(35-50(44)55)56(42-29-32-47-46-24-12-15-27-53(46)58-54(47)36-42)40-30-33-52-48(34-40)45-23-11-14-26-51(45)57(52)39-20-8-3-9-21-39/h1-31,33-36,47H,32H2. The van der Waals surface area contributed by atoms with Crippen LogP contribution in [-0.4, -0.2) is 4.57 Å². The predicted octanol–water partition coefficient (Wildman–Crippen LogP) is 13.6. The first kappa shape index (κ1) is 32.8. The quantitative estimate of drug-likeness (QED) is 0.169. The number of para-hydroxylation sites is 3. The second-order valence-corrected chi connectivity index (χ2v) is 15.6. The second-order valence-electron chi connectivity index (χ2n) is 15.6. The van der Waals surface area contributed by atoms with Crippen LogP contribution in [0.2, 0.25) is 0 Å². The predicted molar refractivity (Wildman–Crippen MR) is 237 cm³/mol. The lowest BCUT2D eigenvalue weighted by molar-refractivity contribution is 0.424. The van der Waals surface area contributed by atoms with Gasteiger partial charge in [-0.05, 0) is 94.4 Å². The lowest BCUT2D eigenvalue weighted by atomic mass is 9.67. The molecule has 274 valence electrons. The number of anilines is 2. The van der Waals surface area contributed by atoms with Crippen molar-refractivity contribution in [2.75, 3.05) is 4.90 Å². The fourth-order valence-electron chi connectivity index (χ4n) is 10.2. The van der Waals surface area contributed by atoms with Gasteiger partial charge < -0.3 is 14.2 Å². The summed E-state index contributed by atoms with van der Waals surface area (Å²) in [5.74, 6) is 2.18. The van der Waals surface area contributed by atoms with Crippen LogP contribution in [-0.2, 0) is 5.41 Å². The maximum absolute atomic E-state index is 6.60. The Morgan fingerprint density at radius 1 is 0.517 bits per heavy atom. The van der Waals surface area contributed by atoms with Gasteiger partial charge in [-0.3, -0.25) is 0 Å². The molecule has 58 heavy (non-hydrogen) atoms. The number of rotatable bonds is 6. The Labute approximate surface area is 338 Å². The molecule has 3 nitrogen and oxygen atoms in total. The van der Waals surface area contributed by atoms with Gasteiger partial charge >= 0.3 is 0 Å². The molecule has 1 aromatic heterocycles. The van der Waals surface area contributed by atoms with Gasteiger partial charge in [-0.1, -0.05) is 152 Å². The Kier molecular flexibility index (Phi) is 7.27. The van der Waals surface area contributed by atoms with Crippen molar-refractivity contribution in [2.45, 2.75) is 17.8 Å². The van der Waals surface area contributed by atoms with Crippen LogP contribution in [0.4, 0.5) is 11.4 Å². The van der Waals surface area contributed by atoms with E-state index in [1.165, 1.54) is 60.8 Å². The van der Waals surface area contributed by atoms with E-state index in [2.05, 4.69) is 222 Å². The van der Waals surface area contributed by atoms with Gasteiger partial charge in [0.1, 0.15) is 11.5 Å². The van der Waals surface area contributed by atoms with E-state index in [4.69, 9.17) is 4.74 Å². The van der Waals surface area contributed by atoms with Crippen molar-refractivity contribution in [3.8, 4) is 22.6 Å². The molecule has 12 rings (SSSR count). The Hall–Kier alpha value is -7.36. The van der Waals surface area contributed by atoms with Gasteiger partial charge in [0.05, 0.1) is 16.4 Å². The fraction of sp³-hybridized carbons (Fsp3) is 0.0545. The Morgan fingerprint density at radius 2 is 1.14 bits per heavy atom. The summed E-state index contributed by atoms with van der Waals surface area (Å²) < 4.78 is 8.98. The maximum Gasteiger partial charge on any atom is 0.130 e. The number of ether oxygens (including phenoxy) is 1. The maximum atomic E-state index is 6.60. The highest BCUT2D eigenvalue weighted by atomic mass is 16.5. The Bertz CT molecular complexity index is 3080. The zero-order valence-electron chi connectivity index (χ0n) is 31.8. The molecule has 1 unspecified atom stereocenters. The number of hydrogen-bond donors (Lipinski definition) is 0. The van der Waals surface area contributed by atoms with Gasteiger partial charge in [0.2, 0.25) is 0 Å². The average Bonchev–Trinajstić information content (AvgIpc) is 3.93.